The highest BCUT2D eigenvalue weighted by Crippen LogP contribution is 2.21. The highest BCUT2D eigenvalue weighted by atomic mass is 35.5. The summed E-state index contributed by atoms with van der Waals surface area (Å²) in [6.45, 7) is 7.22. The molecule has 0 aliphatic rings. The number of hydrogen-bond donors (Lipinski definition) is 1. The predicted octanol–water partition coefficient (Wildman–Crippen LogP) is 3.35. The summed E-state index contributed by atoms with van der Waals surface area (Å²) in [4.78, 5) is 18.8. The van der Waals surface area contributed by atoms with Gasteiger partial charge in [0.2, 0.25) is 0 Å². The van der Waals surface area contributed by atoms with E-state index in [0.29, 0.717) is 25.2 Å². The second-order valence-corrected chi connectivity index (χ2v) is 6.00. The summed E-state index contributed by atoms with van der Waals surface area (Å²) in [7, 11) is 0. The van der Waals surface area contributed by atoms with E-state index in [1.807, 2.05) is 38.3 Å². The Kier molecular flexibility index (Phi) is 7.00. The third-order valence-electron chi connectivity index (χ3n) is 3.21. The topological polar surface area (TPSA) is 59.2 Å². The Balaban J connectivity index is 0.00000242. The lowest BCUT2D eigenvalue weighted by atomic mass is 10.1. The summed E-state index contributed by atoms with van der Waals surface area (Å²) in [5, 5.41) is 2.73. The predicted molar refractivity (Wildman–Crippen MR) is 95.4 cm³/mol. The van der Waals surface area contributed by atoms with Gasteiger partial charge in [-0.05, 0) is 50.6 Å². The van der Waals surface area contributed by atoms with Gasteiger partial charge in [0.1, 0.15) is 5.69 Å². The molecule has 1 heterocycles. The fraction of sp³-hybridized carbons (Fsp3) is 0.375. The maximum absolute atomic E-state index is 12.7. The van der Waals surface area contributed by atoms with E-state index in [1.165, 1.54) is 11.3 Å². The van der Waals surface area contributed by atoms with Crippen molar-refractivity contribution in [1.82, 2.24) is 4.98 Å². The number of aromatic nitrogens is 1. The number of rotatable bonds is 5. The lowest BCUT2D eigenvalue weighted by molar-refractivity contribution is 0.0984. The Morgan fingerprint density at radius 2 is 1.91 bits per heavy atom. The molecule has 0 saturated heterocycles. The Hall–Kier alpha value is -1.43. The van der Waals surface area contributed by atoms with Crippen LogP contribution in [0.5, 0.6) is 0 Å². The molecule has 2 aromatic rings. The monoisotopic (exact) mass is 339 g/mol. The molecular formula is C16H22ClN3OS. The van der Waals surface area contributed by atoms with Crippen LogP contribution in [0.1, 0.15) is 33.5 Å². The molecule has 0 fully saturated rings. The van der Waals surface area contributed by atoms with Crippen LogP contribution in [0.15, 0.2) is 23.6 Å². The molecule has 1 aromatic carbocycles. The Morgan fingerprint density at radius 1 is 1.27 bits per heavy atom. The normalized spacial score (nSPS) is 10.2. The van der Waals surface area contributed by atoms with Crippen LogP contribution in [0.4, 0.5) is 5.69 Å². The third kappa shape index (κ3) is 4.29. The summed E-state index contributed by atoms with van der Waals surface area (Å²) in [6.07, 6.45) is 0.716. The minimum atomic E-state index is -0.0537. The minimum Gasteiger partial charge on any atom is -0.330 e. The SMILES string of the molecule is CCN(C(=O)c1csc(CCN)n1)c1cc(C)cc(C)c1.Cl. The number of anilines is 1. The number of nitrogens with two attached hydrogens (primary N) is 1. The Bertz CT molecular complexity index is 622. The van der Waals surface area contributed by atoms with Crippen molar-refractivity contribution in [1.29, 1.82) is 0 Å². The first kappa shape index (κ1) is 18.6. The van der Waals surface area contributed by atoms with Crippen molar-refractivity contribution < 1.29 is 4.79 Å². The first-order chi connectivity index (χ1) is 10.0. The quantitative estimate of drug-likeness (QED) is 0.908. The van der Waals surface area contributed by atoms with E-state index in [-0.39, 0.29) is 18.3 Å². The van der Waals surface area contributed by atoms with Gasteiger partial charge in [0.25, 0.3) is 5.91 Å². The van der Waals surface area contributed by atoms with E-state index in [9.17, 15) is 4.79 Å². The standard InChI is InChI=1S/C16H21N3OS.ClH/c1-4-19(13-8-11(2)7-12(3)9-13)16(20)14-10-21-15(18-14)5-6-17;/h7-10H,4-6,17H2,1-3H3;1H. The molecule has 120 valence electrons. The first-order valence-corrected chi connectivity index (χ1v) is 7.97. The molecular weight excluding hydrogens is 318 g/mol. The molecule has 22 heavy (non-hydrogen) atoms. The summed E-state index contributed by atoms with van der Waals surface area (Å²) in [6, 6.07) is 6.16. The zero-order chi connectivity index (χ0) is 15.4. The minimum absolute atomic E-state index is 0. The van der Waals surface area contributed by atoms with E-state index < -0.39 is 0 Å². The van der Waals surface area contributed by atoms with Crippen molar-refractivity contribution in [2.24, 2.45) is 5.73 Å². The molecule has 0 aliphatic carbocycles. The van der Waals surface area contributed by atoms with Gasteiger partial charge in [-0.1, -0.05) is 6.07 Å². The van der Waals surface area contributed by atoms with Crippen molar-refractivity contribution in [2.45, 2.75) is 27.2 Å². The highest BCUT2D eigenvalue weighted by Gasteiger charge is 2.19. The molecule has 6 heteroatoms. The maximum Gasteiger partial charge on any atom is 0.277 e. The van der Waals surface area contributed by atoms with Crippen LogP contribution in [-0.4, -0.2) is 24.0 Å². The second-order valence-electron chi connectivity index (χ2n) is 5.06. The van der Waals surface area contributed by atoms with Crippen LogP contribution < -0.4 is 10.6 Å². The second kappa shape index (κ2) is 8.27. The van der Waals surface area contributed by atoms with Gasteiger partial charge < -0.3 is 10.6 Å². The maximum atomic E-state index is 12.7. The molecule has 2 N–H and O–H groups in total. The van der Waals surface area contributed by atoms with E-state index in [0.717, 1.165) is 21.8 Å². The van der Waals surface area contributed by atoms with Gasteiger partial charge in [-0.15, -0.1) is 23.7 Å². The number of benzene rings is 1. The van der Waals surface area contributed by atoms with E-state index >= 15 is 0 Å². The number of halogens is 1. The van der Waals surface area contributed by atoms with Crippen molar-refractivity contribution in [3.05, 3.63) is 45.4 Å². The Labute approximate surface area is 141 Å². The molecule has 0 bridgehead atoms. The lowest BCUT2D eigenvalue weighted by Crippen LogP contribution is -2.31. The molecule has 2 rings (SSSR count). The average Bonchev–Trinajstić information content (AvgIpc) is 2.87. The molecule has 1 aromatic heterocycles. The van der Waals surface area contributed by atoms with Gasteiger partial charge in [0.15, 0.2) is 0 Å². The number of carbonyl (C=O) groups excluding carboxylic acids is 1. The largest absolute Gasteiger partial charge is 0.330 e. The fourth-order valence-electron chi connectivity index (χ4n) is 2.34. The van der Waals surface area contributed by atoms with Crippen LogP contribution in [-0.2, 0) is 6.42 Å². The summed E-state index contributed by atoms with van der Waals surface area (Å²) in [5.41, 5.74) is 9.26. The molecule has 0 unspecified atom stereocenters. The average molecular weight is 340 g/mol. The molecule has 0 spiro atoms. The molecule has 0 aliphatic heterocycles. The fourth-order valence-corrected chi connectivity index (χ4v) is 3.12. The first-order valence-electron chi connectivity index (χ1n) is 7.09. The van der Waals surface area contributed by atoms with E-state index in [2.05, 4.69) is 11.1 Å². The van der Waals surface area contributed by atoms with Gasteiger partial charge in [-0.25, -0.2) is 4.98 Å². The van der Waals surface area contributed by atoms with Gasteiger partial charge in [0.05, 0.1) is 5.01 Å². The zero-order valence-electron chi connectivity index (χ0n) is 13.1. The van der Waals surface area contributed by atoms with Crippen molar-refractivity contribution in [2.75, 3.05) is 18.0 Å². The number of amides is 1. The summed E-state index contributed by atoms with van der Waals surface area (Å²) in [5.74, 6) is -0.0537. The van der Waals surface area contributed by atoms with E-state index in [4.69, 9.17) is 5.73 Å². The van der Waals surface area contributed by atoms with Crippen LogP contribution in [0.2, 0.25) is 0 Å². The number of hydrogen-bond acceptors (Lipinski definition) is 4. The molecule has 0 atom stereocenters. The van der Waals surface area contributed by atoms with Crippen molar-refractivity contribution in [3.63, 3.8) is 0 Å². The zero-order valence-corrected chi connectivity index (χ0v) is 14.8. The van der Waals surface area contributed by atoms with Crippen LogP contribution in [0.25, 0.3) is 0 Å². The highest BCUT2D eigenvalue weighted by molar-refractivity contribution is 7.09. The molecule has 0 radical (unpaired) electrons. The molecule has 1 amide bonds. The smallest absolute Gasteiger partial charge is 0.277 e. The summed E-state index contributed by atoms with van der Waals surface area (Å²) < 4.78 is 0. The van der Waals surface area contributed by atoms with Crippen molar-refractivity contribution in [3.8, 4) is 0 Å². The molecule has 4 nitrogen and oxygen atoms in total. The number of aryl methyl sites for hydroxylation is 2. The van der Waals surface area contributed by atoms with Gasteiger partial charge in [-0.3, -0.25) is 4.79 Å². The van der Waals surface area contributed by atoms with E-state index in [1.54, 1.807) is 4.90 Å². The van der Waals surface area contributed by atoms with Gasteiger partial charge in [0, 0.05) is 24.0 Å². The van der Waals surface area contributed by atoms with Gasteiger partial charge >= 0.3 is 0 Å². The summed E-state index contributed by atoms with van der Waals surface area (Å²) >= 11 is 1.49. The Morgan fingerprint density at radius 3 is 2.45 bits per heavy atom. The number of thiazole rings is 1. The lowest BCUT2D eigenvalue weighted by Gasteiger charge is -2.21. The molecule has 0 saturated carbocycles. The van der Waals surface area contributed by atoms with Crippen LogP contribution in [0.3, 0.4) is 0 Å². The number of carbonyl (C=O) groups is 1. The third-order valence-corrected chi connectivity index (χ3v) is 4.12. The van der Waals surface area contributed by atoms with Gasteiger partial charge in [-0.2, -0.15) is 0 Å². The van der Waals surface area contributed by atoms with Crippen LogP contribution in [0, 0.1) is 13.8 Å². The number of nitrogens with zero attached hydrogens (tertiary/aromatic N) is 2. The van der Waals surface area contributed by atoms with Crippen LogP contribution >= 0.6 is 23.7 Å². The van der Waals surface area contributed by atoms with Crippen molar-refractivity contribution >= 4 is 35.3 Å².